The second kappa shape index (κ2) is 6.93. The van der Waals surface area contributed by atoms with Crippen LogP contribution < -0.4 is 10.6 Å². The van der Waals surface area contributed by atoms with Crippen molar-refractivity contribution >= 4 is 22.4 Å². The lowest BCUT2D eigenvalue weighted by molar-refractivity contribution is -0.117. The SMILES string of the molecule is CC(C)Cc1nnc(NC(=O)CC2COCCN2)s1. The molecule has 1 fully saturated rings. The summed E-state index contributed by atoms with van der Waals surface area (Å²) in [6.07, 6.45) is 1.30. The molecule has 0 spiro atoms. The van der Waals surface area contributed by atoms with Gasteiger partial charge >= 0.3 is 0 Å². The Labute approximate surface area is 116 Å². The van der Waals surface area contributed by atoms with Crippen LogP contribution in [-0.2, 0) is 16.0 Å². The van der Waals surface area contributed by atoms with Crippen molar-refractivity contribution in [2.75, 3.05) is 25.1 Å². The smallest absolute Gasteiger partial charge is 0.227 e. The normalized spacial score (nSPS) is 19.6. The zero-order chi connectivity index (χ0) is 13.7. The molecule has 1 aromatic heterocycles. The van der Waals surface area contributed by atoms with Crippen LogP contribution in [0.1, 0.15) is 25.3 Å². The molecule has 1 amide bonds. The molecule has 2 N–H and O–H groups in total. The molecule has 0 radical (unpaired) electrons. The van der Waals surface area contributed by atoms with Crippen LogP contribution in [0.3, 0.4) is 0 Å². The van der Waals surface area contributed by atoms with Gasteiger partial charge in [-0.2, -0.15) is 0 Å². The lowest BCUT2D eigenvalue weighted by atomic mass is 10.1. The van der Waals surface area contributed by atoms with Gasteiger partial charge < -0.3 is 15.4 Å². The first-order chi connectivity index (χ1) is 9.13. The molecule has 0 saturated carbocycles. The minimum Gasteiger partial charge on any atom is -0.378 e. The molecule has 1 unspecified atom stereocenters. The third kappa shape index (κ3) is 4.85. The van der Waals surface area contributed by atoms with E-state index in [2.05, 4.69) is 34.7 Å². The molecule has 2 rings (SSSR count). The van der Waals surface area contributed by atoms with Gasteiger partial charge in [-0.15, -0.1) is 10.2 Å². The van der Waals surface area contributed by atoms with Crippen molar-refractivity contribution in [1.29, 1.82) is 0 Å². The van der Waals surface area contributed by atoms with Crippen molar-refractivity contribution in [3.8, 4) is 0 Å². The number of ether oxygens (including phenoxy) is 1. The van der Waals surface area contributed by atoms with Crippen LogP contribution in [0, 0.1) is 5.92 Å². The summed E-state index contributed by atoms with van der Waals surface area (Å²) in [7, 11) is 0. The number of nitrogens with one attached hydrogen (secondary N) is 2. The lowest BCUT2D eigenvalue weighted by Crippen LogP contribution is -2.43. The Kier molecular flexibility index (Phi) is 5.24. The minimum atomic E-state index is -0.0461. The Balaban J connectivity index is 1.79. The number of carbonyl (C=O) groups excluding carboxylic acids is 1. The topological polar surface area (TPSA) is 76.1 Å². The lowest BCUT2D eigenvalue weighted by Gasteiger charge is -2.22. The van der Waals surface area contributed by atoms with Crippen molar-refractivity contribution in [3.63, 3.8) is 0 Å². The van der Waals surface area contributed by atoms with E-state index in [0.29, 0.717) is 30.7 Å². The number of amides is 1. The van der Waals surface area contributed by atoms with Gasteiger partial charge in [0.15, 0.2) is 0 Å². The number of nitrogens with zero attached hydrogens (tertiary/aromatic N) is 2. The van der Waals surface area contributed by atoms with Gasteiger partial charge in [-0.3, -0.25) is 4.79 Å². The van der Waals surface area contributed by atoms with Crippen LogP contribution in [-0.4, -0.2) is 41.9 Å². The van der Waals surface area contributed by atoms with E-state index in [0.717, 1.165) is 18.0 Å². The largest absolute Gasteiger partial charge is 0.378 e. The first kappa shape index (κ1) is 14.4. The van der Waals surface area contributed by atoms with Crippen molar-refractivity contribution in [2.24, 2.45) is 5.92 Å². The molecule has 6 nitrogen and oxygen atoms in total. The highest BCUT2D eigenvalue weighted by molar-refractivity contribution is 7.15. The van der Waals surface area contributed by atoms with Crippen molar-refractivity contribution < 1.29 is 9.53 Å². The summed E-state index contributed by atoms with van der Waals surface area (Å²) < 4.78 is 5.31. The maximum atomic E-state index is 11.8. The molecule has 1 atom stereocenters. The van der Waals surface area contributed by atoms with E-state index in [4.69, 9.17) is 4.74 Å². The summed E-state index contributed by atoms with van der Waals surface area (Å²) in [6, 6.07) is 0.0943. The van der Waals surface area contributed by atoms with Crippen LogP contribution in [0.2, 0.25) is 0 Å². The van der Waals surface area contributed by atoms with E-state index in [1.165, 1.54) is 11.3 Å². The summed E-state index contributed by atoms with van der Waals surface area (Å²) in [6.45, 7) is 6.37. The Morgan fingerprint density at radius 3 is 3.11 bits per heavy atom. The zero-order valence-electron chi connectivity index (χ0n) is 11.3. The third-order valence-corrected chi connectivity index (χ3v) is 3.59. The van der Waals surface area contributed by atoms with E-state index in [-0.39, 0.29) is 11.9 Å². The van der Waals surface area contributed by atoms with Crippen molar-refractivity contribution in [1.82, 2.24) is 15.5 Å². The van der Waals surface area contributed by atoms with E-state index < -0.39 is 0 Å². The summed E-state index contributed by atoms with van der Waals surface area (Å²) >= 11 is 1.45. The molecule has 2 heterocycles. The second-order valence-electron chi connectivity index (χ2n) is 5.08. The van der Waals surface area contributed by atoms with Crippen LogP contribution in [0.25, 0.3) is 0 Å². The van der Waals surface area contributed by atoms with Gasteiger partial charge in [0.2, 0.25) is 11.0 Å². The van der Waals surface area contributed by atoms with Gasteiger partial charge in [0.1, 0.15) is 5.01 Å². The minimum absolute atomic E-state index is 0.0461. The number of hydrogen-bond acceptors (Lipinski definition) is 6. The second-order valence-corrected chi connectivity index (χ2v) is 6.14. The molecule has 19 heavy (non-hydrogen) atoms. The Hall–Kier alpha value is -1.05. The highest BCUT2D eigenvalue weighted by Crippen LogP contribution is 2.18. The fourth-order valence-electron chi connectivity index (χ4n) is 1.88. The summed E-state index contributed by atoms with van der Waals surface area (Å²) in [5, 5.41) is 15.6. The quantitative estimate of drug-likeness (QED) is 0.845. The maximum absolute atomic E-state index is 11.8. The first-order valence-corrected chi connectivity index (χ1v) is 7.38. The molecule has 106 valence electrons. The molecular formula is C12H20N4O2S. The first-order valence-electron chi connectivity index (χ1n) is 6.57. The van der Waals surface area contributed by atoms with Gasteiger partial charge in [-0.25, -0.2) is 0 Å². The summed E-state index contributed by atoms with van der Waals surface area (Å²) in [5.41, 5.74) is 0. The molecule has 1 aliphatic rings. The van der Waals surface area contributed by atoms with Gasteiger partial charge in [0, 0.05) is 25.4 Å². The van der Waals surface area contributed by atoms with Gasteiger partial charge in [-0.05, 0) is 5.92 Å². The van der Waals surface area contributed by atoms with Gasteiger partial charge in [0.25, 0.3) is 0 Å². The monoisotopic (exact) mass is 284 g/mol. The van der Waals surface area contributed by atoms with Crippen LogP contribution in [0.5, 0.6) is 0 Å². The Bertz CT molecular complexity index is 416. The van der Waals surface area contributed by atoms with Crippen LogP contribution in [0.4, 0.5) is 5.13 Å². The van der Waals surface area contributed by atoms with Gasteiger partial charge in [0.05, 0.1) is 13.2 Å². The molecule has 1 aliphatic heterocycles. The van der Waals surface area contributed by atoms with Crippen LogP contribution in [0.15, 0.2) is 0 Å². The molecule has 1 saturated heterocycles. The third-order valence-electron chi connectivity index (χ3n) is 2.73. The molecule has 0 bridgehead atoms. The van der Waals surface area contributed by atoms with Crippen molar-refractivity contribution in [3.05, 3.63) is 5.01 Å². The molecular weight excluding hydrogens is 264 g/mol. The summed E-state index contributed by atoms with van der Waals surface area (Å²) in [4.78, 5) is 11.8. The number of hydrogen-bond donors (Lipinski definition) is 2. The van der Waals surface area contributed by atoms with E-state index in [1.54, 1.807) is 0 Å². The number of aromatic nitrogens is 2. The average molecular weight is 284 g/mol. The molecule has 1 aromatic rings. The number of rotatable bonds is 5. The van der Waals surface area contributed by atoms with Crippen LogP contribution >= 0.6 is 11.3 Å². The highest BCUT2D eigenvalue weighted by Gasteiger charge is 2.18. The Morgan fingerprint density at radius 2 is 2.42 bits per heavy atom. The zero-order valence-corrected chi connectivity index (χ0v) is 12.1. The van der Waals surface area contributed by atoms with Crippen molar-refractivity contribution in [2.45, 2.75) is 32.7 Å². The predicted octanol–water partition coefficient (Wildman–Crippen LogP) is 1.05. The number of carbonyl (C=O) groups is 1. The molecule has 7 heteroatoms. The van der Waals surface area contributed by atoms with Gasteiger partial charge in [-0.1, -0.05) is 25.2 Å². The van der Waals surface area contributed by atoms with E-state index in [9.17, 15) is 4.79 Å². The fraction of sp³-hybridized carbons (Fsp3) is 0.750. The number of anilines is 1. The predicted molar refractivity (Wildman–Crippen MR) is 74.3 cm³/mol. The fourth-order valence-corrected chi connectivity index (χ4v) is 2.85. The number of morpholine rings is 1. The molecule has 0 aliphatic carbocycles. The summed E-state index contributed by atoms with van der Waals surface area (Å²) in [5.74, 6) is 0.496. The standard InChI is InChI=1S/C12H20N4O2S/c1-8(2)5-11-15-16-12(19-11)14-10(17)6-9-7-18-4-3-13-9/h8-9,13H,3-7H2,1-2H3,(H,14,16,17). The van der Waals surface area contributed by atoms with E-state index >= 15 is 0 Å². The Morgan fingerprint density at radius 1 is 1.58 bits per heavy atom. The molecule has 0 aromatic carbocycles. The van der Waals surface area contributed by atoms with E-state index in [1.807, 2.05) is 0 Å². The highest BCUT2D eigenvalue weighted by atomic mass is 32.1. The maximum Gasteiger partial charge on any atom is 0.227 e. The average Bonchev–Trinajstić information content (AvgIpc) is 2.76.